The summed E-state index contributed by atoms with van der Waals surface area (Å²) in [5.74, 6) is -1.61. The van der Waals surface area contributed by atoms with E-state index >= 15 is 0 Å². The van der Waals surface area contributed by atoms with Crippen LogP contribution in [0, 0.1) is 0 Å². The fraction of sp³-hybridized carbons (Fsp3) is 0.455. The monoisotopic (exact) mass is 301 g/mol. The Hall–Kier alpha value is -2.16. The summed E-state index contributed by atoms with van der Waals surface area (Å²) in [4.78, 5) is 37.0. The number of carbonyl (C=O) groups excluding carboxylic acids is 2. The lowest BCUT2D eigenvalue weighted by Gasteiger charge is -2.12. The van der Waals surface area contributed by atoms with Crippen LogP contribution in [0.2, 0.25) is 0 Å². The molecule has 0 radical (unpaired) electrons. The number of ether oxygens (including phenoxy) is 1. The van der Waals surface area contributed by atoms with Crippen LogP contribution in [-0.4, -0.2) is 47.8 Å². The van der Waals surface area contributed by atoms with Gasteiger partial charge in [-0.25, -0.2) is 19.4 Å². The van der Waals surface area contributed by atoms with E-state index in [0.717, 1.165) is 0 Å². The Morgan fingerprint density at radius 2 is 2.20 bits per heavy atom. The van der Waals surface area contributed by atoms with Crippen LogP contribution in [0.5, 0.6) is 0 Å². The van der Waals surface area contributed by atoms with Crippen molar-refractivity contribution in [1.29, 1.82) is 0 Å². The normalized spacial score (nSPS) is 11.5. The van der Waals surface area contributed by atoms with Gasteiger partial charge in [0.15, 0.2) is 5.69 Å². The highest BCUT2D eigenvalue weighted by molar-refractivity contribution is 7.09. The molecule has 0 saturated heterocycles. The number of amides is 2. The van der Waals surface area contributed by atoms with E-state index in [4.69, 9.17) is 5.11 Å². The Balaban J connectivity index is 2.31. The van der Waals surface area contributed by atoms with Crippen molar-refractivity contribution in [2.75, 3.05) is 13.7 Å². The minimum atomic E-state index is -1.08. The molecule has 0 spiro atoms. The molecule has 1 atom stereocenters. The van der Waals surface area contributed by atoms with Crippen LogP contribution >= 0.6 is 11.3 Å². The Morgan fingerprint density at radius 1 is 1.50 bits per heavy atom. The second kappa shape index (κ2) is 7.43. The highest BCUT2D eigenvalue weighted by atomic mass is 32.1. The Bertz CT molecular complexity index is 502. The summed E-state index contributed by atoms with van der Waals surface area (Å²) < 4.78 is 4.47. The van der Waals surface area contributed by atoms with Crippen LogP contribution in [0.1, 0.15) is 22.4 Å². The van der Waals surface area contributed by atoms with Gasteiger partial charge in [-0.2, -0.15) is 0 Å². The number of aromatic nitrogens is 1. The number of hydrogen-bond donors (Lipinski definition) is 3. The molecule has 1 unspecified atom stereocenters. The van der Waals surface area contributed by atoms with Crippen molar-refractivity contribution in [1.82, 2.24) is 15.6 Å². The SMILES string of the molecule is COC(=O)C(C)NC(=O)NCCc1nc(C(=O)O)cs1. The van der Waals surface area contributed by atoms with E-state index in [-0.39, 0.29) is 12.2 Å². The molecule has 1 rings (SSSR count). The van der Waals surface area contributed by atoms with E-state index in [9.17, 15) is 14.4 Å². The van der Waals surface area contributed by atoms with Gasteiger partial charge in [0.05, 0.1) is 12.1 Å². The van der Waals surface area contributed by atoms with Crippen LogP contribution in [0.25, 0.3) is 0 Å². The zero-order valence-corrected chi connectivity index (χ0v) is 11.8. The summed E-state index contributed by atoms with van der Waals surface area (Å²) in [6.07, 6.45) is 0.415. The second-order valence-corrected chi connectivity index (χ2v) is 4.77. The molecule has 2 amide bonds. The van der Waals surface area contributed by atoms with Crippen LogP contribution in [0.15, 0.2) is 5.38 Å². The number of nitrogens with zero attached hydrogens (tertiary/aromatic N) is 1. The summed E-state index contributed by atoms with van der Waals surface area (Å²) in [6.45, 7) is 1.79. The lowest BCUT2D eigenvalue weighted by atomic mass is 10.3. The average molecular weight is 301 g/mol. The van der Waals surface area contributed by atoms with Gasteiger partial charge in [-0.05, 0) is 6.92 Å². The summed E-state index contributed by atoms with van der Waals surface area (Å²) in [6, 6.07) is -1.24. The summed E-state index contributed by atoms with van der Waals surface area (Å²) in [5, 5.41) is 15.7. The van der Waals surface area contributed by atoms with Crippen molar-refractivity contribution >= 4 is 29.3 Å². The third-order valence-corrected chi connectivity index (χ3v) is 3.21. The topological polar surface area (TPSA) is 118 Å². The molecular formula is C11H15N3O5S. The van der Waals surface area contributed by atoms with Crippen LogP contribution in [0.3, 0.4) is 0 Å². The molecule has 3 N–H and O–H groups in total. The van der Waals surface area contributed by atoms with Crippen LogP contribution < -0.4 is 10.6 Å². The number of esters is 1. The van der Waals surface area contributed by atoms with Gasteiger partial charge in [-0.1, -0.05) is 0 Å². The minimum absolute atomic E-state index is 0.00577. The number of methoxy groups -OCH3 is 1. The first-order valence-electron chi connectivity index (χ1n) is 5.74. The molecule has 0 aliphatic rings. The number of hydrogen-bond acceptors (Lipinski definition) is 6. The van der Waals surface area contributed by atoms with Gasteiger partial charge < -0.3 is 20.5 Å². The Kier molecular flexibility index (Phi) is 5.91. The Morgan fingerprint density at radius 3 is 2.75 bits per heavy atom. The standard InChI is InChI=1S/C11H15N3O5S/c1-6(10(17)19-2)13-11(18)12-4-3-8-14-7(5-20-8)9(15)16/h5-6H,3-4H2,1-2H3,(H,15,16)(H2,12,13,18). The highest BCUT2D eigenvalue weighted by Crippen LogP contribution is 2.09. The molecule has 110 valence electrons. The largest absolute Gasteiger partial charge is 0.476 e. The van der Waals surface area contributed by atoms with Crippen molar-refractivity contribution in [2.24, 2.45) is 0 Å². The molecule has 0 aliphatic heterocycles. The molecule has 0 aromatic carbocycles. The van der Waals surface area contributed by atoms with Crippen molar-refractivity contribution in [3.8, 4) is 0 Å². The zero-order valence-electron chi connectivity index (χ0n) is 11.0. The molecule has 8 nitrogen and oxygen atoms in total. The van der Waals surface area contributed by atoms with Crippen LogP contribution in [-0.2, 0) is 16.0 Å². The maximum atomic E-state index is 11.4. The molecule has 20 heavy (non-hydrogen) atoms. The minimum Gasteiger partial charge on any atom is -0.476 e. The average Bonchev–Trinajstić information content (AvgIpc) is 2.86. The number of rotatable bonds is 6. The Labute approximate surface area is 119 Å². The third kappa shape index (κ3) is 4.84. The zero-order chi connectivity index (χ0) is 15.1. The fourth-order valence-corrected chi connectivity index (χ4v) is 2.06. The number of thiazole rings is 1. The molecule has 1 aromatic heterocycles. The summed E-state index contributed by atoms with van der Waals surface area (Å²) in [7, 11) is 1.24. The molecule has 0 aliphatic carbocycles. The molecule has 0 fully saturated rings. The van der Waals surface area contributed by atoms with Gasteiger partial charge in [-0.15, -0.1) is 11.3 Å². The van der Waals surface area contributed by atoms with E-state index in [0.29, 0.717) is 11.4 Å². The molecular weight excluding hydrogens is 286 g/mol. The number of carboxylic acids is 1. The van der Waals surface area contributed by atoms with Gasteiger partial charge in [0, 0.05) is 18.3 Å². The number of nitrogens with one attached hydrogen (secondary N) is 2. The molecule has 1 aromatic rings. The predicted octanol–water partition coefficient (Wildman–Crippen LogP) is 0.244. The molecule has 0 bridgehead atoms. The lowest BCUT2D eigenvalue weighted by Crippen LogP contribution is -2.45. The maximum absolute atomic E-state index is 11.4. The van der Waals surface area contributed by atoms with Crippen molar-refractivity contribution in [3.63, 3.8) is 0 Å². The number of aromatic carboxylic acids is 1. The third-order valence-electron chi connectivity index (χ3n) is 2.30. The molecule has 0 saturated carbocycles. The fourth-order valence-electron chi connectivity index (χ4n) is 1.29. The van der Waals surface area contributed by atoms with E-state index < -0.39 is 24.0 Å². The van der Waals surface area contributed by atoms with Gasteiger partial charge in [0.1, 0.15) is 6.04 Å². The van der Waals surface area contributed by atoms with Gasteiger partial charge >= 0.3 is 18.0 Å². The first kappa shape index (κ1) is 15.9. The quantitative estimate of drug-likeness (QED) is 0.648. The number of carboxylic acid groups (broad SMARTS) is 1. The van der Waals surface area contributed by atoms with Crippen molar-refractivity contribution in [3.05, 3.63) is 16.1 Å². The van der Waals surface area contributed by atoms with E-state index in [1.165, 1.54) is 30.8 Å². The van der Waals surface area contributed by atoms with E-state index in [2.05, 4.69) is 20.4 Å². The number of urea groups is 1. The van der Waals surface area contributed by atoms with E-state index in [1.807, 2.05) is 0 Å². The lowest BCUT2D eigenvalue weighted by molar-refractivity contribution is -0.142. The maximum Gasteiger partial charge on any atom is 0.355 e. The van der Waals surface area contributed by atoms with Crippen molar-refractivity contribution < 1.29 is 24.2 Å². The predicted molar refractivity (Wildman–Crippen MR) is 70.8 cm³/mol. The van der Waals surface area contributed by atoms with Gasteiger partial charge in [-0.3, -0.25) is 0 Å². The molecule has 9 heteroatoms. The smallest absolute Gasteiger partial charge is 0.355 e. The van der Waals surface area contributed by atoms with E-state index in [1.54, 1.807) is 0 Å². The van der Waals surface area contributed by atoms with Crippen LogP contribution in [0.4, 0.5) is 4.79 Å². The van der Waals surface area contributed by atoms with Gasteiger partial charge in [0.2, 0.25) is 0 Å². The second-order valence-electron chi connectivity index (χ2n) is 3.83. The highest BCUT2D eigenvalue weighted by Gasteiger charge is 2.15. The number of carbonyl (C=O) groups is 3. The van der Waals surface area contributed by atoms with Crippen molar-refractivity contribution in [2.45, 2.75) is 19.4 Å². The summed E-state index contributed by atoms with van der Waals surface area (Å²) in [5.41, 5.74) is -0.00577. The van der Waals surface area contributed by atoms with Gasteiger partial charge in [0.25, 0.3) is 0 Å². The first-order chi connectivity index (χ1) is 9.43. The summed E-state index contributed by atoms with van der Waals surface area (Å²) >= 11 is 1.21. The molecule has 1 heterocycles. The first-order valence-corrected chi connectivity index (χ1v) is 6.62.